The zero-order valence-corrected chi connectivity index (χ0v) is 57.6. The SMILES string of the molecule is COc1c2cc([N+](=O)[O-])cc1Cc1cc(C(C)(C)C)cc(c1OCC(=O)N1CCCC1)Cc1cc([N+](=O)[O-])cc(c1OC)Cc1cc(C(C)(C)C)cc(c1OCC(=O)N1CCCC1)Cc1cc([N+](=O)[O-])cc(c1OC)Cc1cc(C(C)(C)C)cc(c1OCC(=O)N1CCCC1)C2. The van der Waals surface area contributed by atoms with Gasteiger partial charge in [-0.15, -0.1) is 0 Å². The Labute approximate surface area is 561 Å². The molecule has 0 aromatic heterocycles. The number of carbonyl (C=O) groups excluding carboxylic acids is 3. The average Bonchev–Trinajstić information content (AvgIpc) is 0.875. The standard InChI is InChI=1S/C75H90N6O15/c1-73(2,3)58-31-46-25-52-37-61(79(85)86)39-54(67(52)91-10)27-48-33-59(74(4,5)6)35-50(71(48)95-44-65(83)77-21-15-16-22-77)29-56-41-63(81(89)90)42-57(69(56)93-12)30-51-36-60(75(7,8)9)34-49(72(51)96-45-66(84)78-23-17-18-24-78)28-55-40-62(80(87)88)38-53(68(55)92-11)26-47(32-58)70(46)94-43-64(82)76-19-13-14-20-76/h31-42H,13-30,43-45H2,1-12H3. The maximum Gasteiger partial charge on any atom is 0.270 e. The third kappa shape index (κ3) is 15.7. The van der Waals surface area contributed by atoms with E-state index in [9.17, 15) is 44.7 Å². The van der Waals surface area contributed by atoms with Gasteiger partial charge in [0, 0.05) is 148 Å². The van der Waals surface area contributed by atoms with Crippen molar-refractivity contribution in [3.63, 3.8) is 0 Å². The fraction of sp³-hybridized carbons (Fsp3) is 0.480. The number of methoxy groups -OCH3 is 3. The smallest absolute Gasteiger partial charge is 0.270 e. The lowest BCUT2D eigenvalue weighted by Gasteiger charge is -2.27. The van der Waals surface area contributed by atoms with Crippen LogP contribution in [0.2, 0.25) is 0 Å². The van der Waals surface area contributed by atoms with E-state index in [4.69, 9.17) is 28.4 Å². The highest BCUT2D eigenvalue weighted by Crippen LogP contribution is 2.46. The summed E-state index contributed by atoms with van der Waals surface area (Å²) in [5.74, 6) is 1.16. The number of nitrogens with zero attached hydrogens (tertiary/aromatic N) is 6. The normalized spacial score (nSPS) is 15.2. The lowest BCUT2D eigenvalue weighted by Crippen LogP contribution is -2.32. The first-order valence-electron chi connectivity index (χ1n) is 33.2. The van der Waals surface area contributed by atoms with Crippen LogP contribution in [0.1, 0.15) is 184 Å². The molecule has 0 radical (unpaired) electrons. The molecule has 4 aliphatic rings. The van der Waals surface area contributed by atoms with Crippen molar-refractivity contribution < 1.29 is 57.6 Å². The van der Waals surface area contributed by atoms with Crippen molar-refractivity contribution in [1.82, 2.24) is 14.7 Å². The largest absolute Gasteiger partial charge is 0.496 e. The van der Waals surface area contributed by atoms with Crippen LogP contribution in [0, 0.1) is 30.3 Å². The Morgan fingerprint density at radius 3 is 0.667 bits per heavy atom. The van der Waals surface area contributed by atoms with Gasteiger partial charge in [-0.2, -0.15) is 0 Å². The van der Waals surface area contributed by atoms with Crippen molar-refractivity contribution in [2.45, 2.75) is 156 Å². The number of benzene rings is 6. The topological polar surface area (TPSA) is 246 Å². The van der Waals surface area contributed by atoms with Crippen molar-refractivity contribution in [1.29, 1.82) is 0 Å². The maximum absolute atomic E-state index is 14.1. The van der Waals surface area contributed by atoms with Crippen molar-refractivity contribution in [3.05, 3.63) is 187 Å². The summed E-state index contributed by atoms with van der Waals surface area (Å²) in [4.78, 5) is 86.4. The van der Waals surface area contributed by atoms with Crippen LogP contribution >= 0.6 is 0 Å². The molecule has 3 amide bonds. The summed E-state index contributed by atoms with van der Waals surface area (Å²) in [6.07, 6.45) is 4.93. The second kappa shape index (κ2) is 28.6. The predicted octanol–water partition coefficient (Wildman–Crippen LogP) is 13.2. The number of hydrogen-bond acceptors (Lipinski definition) is 15. The number of carbonyl (C=O) groups is 3. The van der Waals surface area contributed by atoms with E-state index in [1.165, 1.54) is 57.7 Å². The van der Waals surface area contributed by atoms with Crippen molar-refractivity contribution in [2.75, 3.05) is 80.4 Å². The van der Waals surface area contributed by atoms with Crippen LogP contribution in [-0.2, 0) is 69.2 Å². The van der Waals surface area contributed by atoms with Gasteiger partial charge in [0.25, 0.3) is 34.8 Å². The summed E-state index contributed by atoms with van der Waals surface area (Å²) < 4.78 is 39.7. The molecule has 96 heavy (non-hydrogen) atoms. The third-order valence-corrected chi connectivity index (χ3v) is 18.9. The number of fused-ring (bicyclic) bond motifs is 12. The summed E-state index contributed by atoms with van der Waals surface area (Å²) in [5.41, 5.74) is 5.94. The van der Waals surface area contributed by atoms with Crippen molar-refractivity contribution in [2.24, 2.45) is 0 Å². The molecule has 6 aromatic carbocycles. The number of amides is 3. The van der Waals surface area contributed by atoms with E-state index in [0.29, 0.717) is 141 Å². The zero-order chi connectivity index (χ0) is 69.1. The molecule has 6 aromatic rings. The Balaban J connectivity index is 1.30. The summed E-state index contributed by atoms with van der Waals surface area (Å²) in [6.45, 7) is 20.8. The van der Waals surface area contributed by atoms with Crippen LogP contribution in [0.25, 0.3) is 0 Å². The molecule has 0 saturated carbocycles. The van der Waals surface area contributed by atoms with Crippen LogP contribution in [0.3, 0.4) is 0 Å². The Kier molecular flexibility index (Phi) is 20.7. The molecule has 21 nitrogen and oxygen atoms in total. The van der Waals surface area contributed by atoms with Crippen LogP contribution in [0.15, 0.2) is 72.8 Å². The number of hydrogen-bond donors (Lipinski definition) is 0. The number of nitro benzene ring substituents is 3. The number of likely N-dealkylation sites (tertiary alicyclic amines) is 3. The van der Waals surface area contributed by atoms with Gasteiger partial charge in [-0.05, 0) is 105 Å². The molecule has 0 N–H and O–H groups in total. The molecule has 510 valence electrons. The molecule has 21 heteroatoms. The fourth-order valence-electron chi connectivity index (χ4n) is 13.8. The van der Waals surface area contributed by atoms with Gasteiger partial charge in [-0.1, -0.05) is 98.7 Å². The van der Waals surface area contributed by atoms with Gasteiger partial charge < -0.3 is 43.1 Å². The van der Waals surface area contributed by atoms with Gasteiger partial charge >= 0.3 is 0 Å². The quantitative estimate of drug-likeness (QED) is 0.0684. The number of rotatable bonds is 15. The van der Waals surface area contributed by atoms with Gasteiger partial charge in [0.05, 0.1) is 36.1 Å². The molecule has 3 heterocycles. The minimum atomic E-state index is -0.536. The Hall–Kier alpha value is -9.27. The lowest BCUT2D eigenvalue weighted by molar-refractivity contribution is -0.385. The van der Waals surface area contributed by atoms with E-state index in [2.05, 4.69) is 62.3 Å². The van der Waals surface area contributed by atoms with Gasteiger partial charge in [0.2, 0.25) is 0 Å². The summed E-state index contributed by atoms with van der Waals surface area (Å²) in [6, 6.07) is 20.7. The van der Waals surface area contributed by atoms with Crippen LogP contribution in [0.4, 0.5) is 17.1 Å². The van der Waals surface area contributed by atoms with Crippen LogP contribution < -0.4 is 28.4 Å². The number of non-ortho nitro benzene ring substituents is 3. The van der Waals surface area contributed by atoms with Gasteiger partial charge in [0.1, 0.15) is 34.5 Å². The molecule has 3 saturated heterocycles. The second-order valence-corrected chi connectivity index (χ2v) is 29.0. The molecule has 10 rings (SSSR count). The molecule has 0 unspecified atom stereocenters. The highest BCUT2D eigenvalue weighted by Gasteiger charge is 2.33. The van der Waals surface area contributed by atoms with E-state index < -0.39 is 31.0 Å². The van der Waals surface area contributed by atoms with Gasteiger partial charge in [-0.25, -0.2) is 0 Å². The van der Waals surface area contributed by atoms with E-state index in [-0.39, 0.29) is 93.1 Å². The average molecular weight is 1320 g/mol. The summed E-state index contributed by atoms with van der Waals surface area (Å²) in [7, 11) is 4.49. The highest BCUT2D eigenvalue weighted by atomic mass is 16.6. The number of nitro groups is 3. The molecule has 0 spiro atoms. The number of ether oxygens (including phenoxy) is 6. The van der Waals surface area contributed by atoms with E-state index in [1.54, 1.807) is 14.7 Å². The van der Waals surface area contributed by atoms with E-state index in [0.717, 1.165) is 55.2 Å². The van der Waals surface area contributed by atoms with Crippen molar-refractivity contribution in [3.8, 4) is 34.5 Å². The molecule has 3 aliphatic heterocycles. The summed E-state index contributed by atoms with van der Waals surface area (Å²) >= 11 is 0. The minimum absolute atomic E-state index is 0.0231. The summed E-state index contributed by atoms with van der Waals surface area (Å²) in [5, 5.41) is 40.1. The highest BCUT2D eigenvalue weighted by molar-refractivity contribution is 5.79. The first kappa shape index (κ1) is 69.6. The predicted molar refractivity (Wildman–Crippen MR) is 365 cm³/mol. The zero-order valence-electron chi connectivity index (χ0n) is 57.6. The molecule has 1 aliphatic carbocycles. The van der Waals surface area contributed by atoms with E-state index in [1.807, 2.05) is 36.4 Å². The maximum atomic E-state index is 14.1. The minimum Gasteiger partial charge on any atom is -0.496 e. The van der Waals surface area contributed by atoms with E-state index >= 15 is 0 Å². The van der Waals surface area contributed by atoms with Crippen LogP contribution in [-0.4, -0.2) is 128 Å². The molecule has 12 bridgehead atoms. The Morgan fingerprint density at radius 2 is 0.510 bits per heavy atom. The third-order valence-electron chi connectivity index (χ3n) is 18.9. The van der Waals surface area contributed by atoms with Crippen LogP contribution in [0.5, 0.6) is 34.5 Å². The molecule has 0 atom stereocenters. The Morgan fingerprint density at radius 1 is 0.333 bits per heavy atom. The molecular formula is C75H90N6O15. The fourth-order valence-corrected chi connectivity index (χ4v) is 13.8. The first-order chi connectivity index (χ1) is 45.5. The lowest BCUT2D eigenvalue weighted by atomic mass is 9.81. The Bertz CT molecular complexity index is 3460. The van der Waals surface area contributed by atoms with Gasteiger partial charge in [-0.3, -0.25) is 44.7 Å². The second-order valence-electron chi connectivity index (χ2n) is 29.0. The molecule has 3 fully saturated rings. The van der Waals surface area contributed by atoms with Gasteiger partial charge in [0.15, 0.2) is 19.8 Å². The monoisotopic (exact) mass is 1310 g/mol. The molecular weight excluding hydrogens is 1220 g/mol. The first-order valence-corrected chi connectivity index (χ1v) is 33.2. The van der Waals surface area contributed by atoms with Crippen molar-refractivity contribution >= 4 is 34.8 Å².